The Morgan fingerprint density at radius 2 is 1.86 bits per heavy atom. The first-order chi connectivity index (χ1) is 7.36. The highest BCUT2D eigenvalue weighted by Crippen LogP contribution is 2.19. The molecule has 0 heterocycles. The zero-order chi connectivity index (χ0) is 11.1. The van der Waals surface area contributed by atoms with Crippen molar-refractivity contribution in [2.24, 2.45) is 4.99 Å². The Balaban J connectivity index is 0.000000531. The van der Waals surface area contributed by atoms with Crippen molar-refractivity contribution in [2.45, 2.75) is 39.5 Å². The Bertz CT molecular complexity index is 323. The average molecular weight is 191 g/mol. The van der Waals surface area contributed by atoms with Gasteiger partial charge in [0, 0.05) is 5.71 Å². The van der Waals surface area contributed by atoms with Crippen LogP contribution in [0.2, 0.25) is 0 Å². The third-order valence-electron chi connectivity index (χ3n) is 2.15. The minimum absolute atomic E-state index is 0.530. The SMILES string of the molecule is CC.[3H]c1ccccc1N=C1CCCC1. The molecule has 0 spiro atoms. The molecule has 1 nitrogen and oxygen atoms in total. The third-order valence-corrected chi connectivity index (χ3v) is 2.15. The molecule has 0 aromatic heterocycles. The molecule has 2 rings (SSSR count). The largest absolute Gasteiger partial charge is 0.258 e. The molecule has 0 unspecified atom stereocenters. The molecule has 0 atom stereocenters. The Hall–Kier alpha value is -1.11. The lowest BCUT2D eigenvalue weighted by molar-refractivity contribution is 0.886. The molecule has 0 amide bonds. The fraction of sp³-hybridized carbons (Fsp3) is 0.462. The van der Waals surface area contributed by atoms with Gasteiger partial charge in [-0.25, -0.2) is 0 Å². The number of nitrogens with zero attached hydrogens (tertiary/aromatic N) is 1. The van der Waals surface area contributed by atoms with Crippen LogP contribution >= 0.6 is 0 Å². The fourth-order valence-electron chi connectivity index (χ4n) is 1.52. The van der Waals surface area contributed by atoms with E-state index in [2.05, 4.69) is 4.99 Å². The minimum atomic E-state index is 0.530. The first-order valence-electron chi connectivity index (χ1n) is 5.98. The summed E-state index contributed by atoms with van der Waals surface area (Å²) in [6, 6.07) is 8.04. The van der Waals surface area contributed by atoms with Gasteiger partial charge in [0.1, 0.15) is 0 Å². The van der Waals surface area contributed by atoms with Crippen molar-refractivity contribution < 1.29 is 1.37 Å². The van der Waals surface area contributed by atoms with Crippen LogP contribution in [0.4, 0.5) is 5.69 Å². The van der Waals surface area contributed by atoms with E-state index in [1.165, 1.54) is 18.6 Å². The maximum absolute atomic E-state index is 7.63. The van der Waals surface area contributed by atoms with Crippen molar-refractivity contribution >= 4 is 11.4 Å². The lowest BCUT2D eigenvalue weighted by atomic mass is 10.3. The van der Waals surface area contributed by atoms with Gasteiger partial charge in [-0.05, 0) is 37.8 Å². The summed E-state index contributed by atoms with van der Waals surface area (Å²) in [5, 5.41) is 0. The van der Waals surface area contributed by atoms with Crippen molar-refractivity contribution in [1.82, 2.24) is 0 Å². The van der Waals surface area contributed by atoms with Crippen LogP contribution in [-0.4, -0.2) is 5.71 Å². The highest BCUT2D eigenvalue weighted by molar-refractivity contribution is 5.88. The van der Waals surface area contributed by atoms with Crippen molar-refractivity contribution in [3.63, 3.8) is 0 Å². The molecule has 1 saturated carbocycles. The molecule has 0 aliphatic heterocycles. The van der Waals surface area contributed by atoms with Crippen molar-refractivity contribution in [3.8, 4) is 0 Å². The molecule has 14 heavy (non-hydrogen) atoms. The Morgan fingerprint density at radius 1 is 1.14 bits per heavy atom. The van der Waals surface area contributed by atoms with Gasteiger partial charge in [0.15, 0.2) is 0 Å². The standard InChI is InChI=1S/C11H13N.C2H6/c1-2-6-10(7-3-1)12-11-8-4-5-9-11;1-2/h1-3,6-7H,4-5,8-9H2;1-2H3/i6T;. The minimum Gasteiger partial charge on any atom is -0.258 e. The van der Waals surface area contributed by atoms with Crippen LogP contribution in [-0.2, 0) is 0 Å². The molecule has 0 bridgehead atoms. The van der Waals surface area contributed by atoms with Crippen molar-refractivity contribution in [3.05, 3.63) is 30.3 Å². The second-order valence-electron chi connectivity index (χ2n) is 3.13. The summed E-state index contributed by atoms with van der Waals surface area (Å²) in [7, 11) is 0. The van der Waals surface area contributed by atoms with E-state index in [1.54, 1.807) is 6.07 Å². The third kappa shape index (κ3) is 3.33. The number of aliphatic imine (C=N–C) groups is 1. The van der Waals surface area contributed by atoms with Crippen LogP contribution in [0.25, 0.3) is 0 Å². The maximum atomic E-state index is 7.63. The molecule has 1 heteroatoms. The molecule has 1 aromatic rings. The Kier molecular flexibility index (Phi) is 4.29. The van der Waals surface area contributed by atoms with Gasteiger partial charge in [-0.2, -0.15) is 0 Å². The van der Waals surface area contributed by atoms with Gasteiger partial charge in [-0.1, -0.05) is 32.0 Å². The summed E-state index contributed by atoms with van der Waals surface area (Å²) in [6.45, 7) is 4.00. The first-order valence-corrected chi connectivity index (χ1v) is 5.48. The quantitative estimate of drug-likeness (QED) is 0.625. The van der Waals surface area contributed by atoms with Gasteiger partial charge in [0.25, 0.3) is 0 Å². The van der Waals surface area contributed by atoms with Crippen molar-refractivity contribution in [2.75, 3.05) is 0 Å². The number of para-hydroxylation sites is 1. The van der Waals surface area contributed by atoms with Gasteiger partial charge >= 0.3 is 0 Å². The predicted molar refractivity (Wildman–Crippen MR) is 63.4 cm³/mol. The molecule has 76 valence electrons. The van der Waals surface area contributed by atoms with E-state index in [0.717, 1.165) is 18.5 Å². The van der Waals surface area contributed by atoms with Gasteiger partial charge in [-0.3, -0.25) is 4.99 Å². The second-order valence-corrected chi connectivity index (χ2v) is 3.13. The lowest BCUT2D eigenvalue weighted by Gasteiger charge is -1.95. The predicted octanol–water partition coefficient (Wildman–Crippen LogP) is 4.36. The molecule has 1 aliphatic carbocycles. The van der Waals surface area contributed by atoms with E-state index in [0.29, 0.717) is 6.04 Å². The zero-order valence-corrected chi connectivity index (χ0v) is 9.09. The fourth-order valence-corrected chi connectivity index (χ4v) is 1.52. The topological polar surface area (TPSA) is 12.4 Å². The number of hydrogen-bond acceptors (Lipinski definition) is 1. The molecule has 1 fully saturated rings. The van der Waals surface area contributed by atoms with E-state index in [9.17, 15) is 0 Å². The van der Waals surface area contributed by atoms with Crippen LogP contribution in [0.3, 0.4) is 0 Å². The second kappa shape index (κ2) is 6.36. The Morgan fingerprint density at radius 3 is 2.50 bits per heavy atom. The normalized spacial score (nSPS) is 15.6. The highest BCUT2D eigenvalue weighted by Gasteiger charge is 2.07. The molecular weight excluding hydrogens is 170 g/mol. The molecular formula is C13H19N. The molecule has 0 saturated heterocycles. The molecule has 0 N–H and O–H groups in total. The van der Waals surface area contributed by atoms with Crippen molar-refractivity contribution in [1.29, 1.82) is 0 Å². The van der Waals surface area contributed by atoms with E-state index in [-0.39, 0.29) is 0 Å². The van der Waals surface area contributed by atoms with Crippen LogP contribution in [0.15, 0.2) is 35.3 Å². The average Bonchev–Trinajstić information content (AvgIpc) is 2.77. The van der Waals surface area contributed by atoms with Gasteiger partial charge in [0.2, 0.25) is 0 Å². The maximum Gasteiger partial charge on any atom is 0.0645 e. The highest BCUT2D eigenvalue weighted by atomic mass is 14.7. The van der Waals surface area contributed by atoms with Crippen LogP contribution in [0, 0.1) is 0 Å². The number of hydrogen-bond donors (Lipinski definition) is 0. The van der Waals surface area contributed by atoms with Gasteiger partial charge in [0.05, 0.1) is 7.06 Å². The molecule has 1 aromatic carbocycles. The van der Waals surface area contributed by atoms with Gasteiger partial charge < -0.3 is 0 Å². The summed E-state index contributed by atoms with van der Waals surface area (Å²) in [6.07, 6.45) is 4.76. The zero-order valence-electron chi connectivity index (χ0n) is 10.1. The smallest absolute Gasteiger partial charge is 0.0645 e. The summed E-state index contributed by atoms with van der Waals surface area (Å²) in [4.78, 5) is 4.49. The first kappa shape index (κ1) is 9.45. The van der Waals surface area contributed by atoms with Crippen LogP contribution in [0.1, 0.15) is 40.9 Å². The molecule has 1 aliphatic rings. The molecule has 0 radical (unpaired) electrons. The van der Waals surface area contributed by atoms with E-state index in [4.69, 9.17) is 1.37 Å². The van der Waals surface area contributed by atoms with E-state index >= 15 is 0 Å². The number of benzene rings is 1. The summed E-state index contributed by atoms with van der Waals surface area (Å²) in [5.74, 6) is 0. The summed E-state index contributed by atoms with van der Waals surface area (Å²) < 4.78 is 7.63. The number of rotatable bonds is 1. The summed E-state index contributed by atoms with van der Waals surface area (Å²) in [5.41, 5.74) is 2.08. The van der Waals surface area contributed by atoms with E-state index < -0.39 is 0 Å². The van der Waals surface area contributed by atoms with Crippen LogP contribution in [0.5, 0.6) is 0 Å². The van der Waals surface area contributed by atoms with Crippen LogP contribution < -0.4 is 0 Å². The summed E-state index contributed by atoms with van der Waals surface area (Å²) >= 11 is 0. The lowest BCUT2D eigenvalue weighted by Crippen LogP contribution is -1.85. The van der Waals surface area contributed by atoms with Gasteiger partial charge in [-0.15, -0.1) is 0 Å². The monoisotopic (exact) mass is 191 g/mol. The van der Waals surface area contributed by atoms with E-state index in [1.807, 2.05) is 32.0 Å². The Labute approximate surface area is 88.3 Å².